The SMILES string of the molecule is O=C(COc1ccc2ccccc2c1)NCc1ccc(S(=O)(=O)N2CCCCC2)cc1. The number of piperidine rings is 1. The van der Waals surface area contributed by atoms with Gasteiger partial charge in [-0.25, -0.2) is 8.42 Å². The van der Waals surface area contributed by atoms with Crippen molar-refractivity contribution in [2.24, 2.45) is 0 Å². The number of fused-ring (bicyclic) bond motifs is 1. The van der Waals surface area contributed by atoms with Crippen LogP contribution in [-0.4, -0.2) is 38.3 Å². The van der Waals surface area contributed by atoms with Gasteiger partial charge in [-0.15, -0.1) is 0 Å². The largest absolute Gasteiger partial charge is 0.484 e. The van der Waals surface area contributed by atoms with Gasteiger partial charge in [-0.1, -0.05) is 48.9 Å². The monoisotopic (exact) mass is 438 g/mol. The highest BCUT2D eigenvalue weighted by molar-refractivity contribution is 7.89. The molecule has 1 N–H and O–H groups in total. The van der Waals surface area contributed by atoms with Gasteiger partial charge in [-0.2, -0.15) is 4.31 Å². The summed E-state index contributed by atoms with van der Waals surface area (Å²) in [5.41, 5.74) is 0.830. The van der Waals surface area contributed by atoms with Crippen LogP contribution in [0.15, 0.2) is 71.6 Å². The maximum Gasteiger partial charge on any atom is 0.258 e. The number of hydrogen-bond donors (Lipinski definition) is 1. The minimum absolute atomic E-state index is 0.0836. The summed E-state index contributed by atoms with van der Waals surface area (Å²) in [6.45, 7) is 1.39. The first-order valence-electron chi connectivity index (χ1n) is 10.5. The van der Waals surface area contributed by atoms with E-state index in [0.29, 0.717) is 30.3 Å². The lowest BCUT2D eigenvalue weighted by molar-refractivity contribution is -0.123. The Kier molecular flexibility index (Phi) is 6.53. The van der Waals surface area contributed by atoms with Crippen molar-refractivity contribution in [1.82, 2.24) is 9.62 Å². The summed E-state index contributed by atoms with van der Waals surface area (Å²) >= 11 is 0. The van der Waals surface area contributed by atoms with Gasteiger partial charge in [0, 0.05) is 19.6 Å². The lowest BCUT2D eigenvalue weighted by Crippen LogP contribution is -2.35. The van der Waals surface area contributed by atoms with Gasteiger partial charge in [-0.3, -0.25) is 4.79 Å². The number of nitrogens with zero attached hydrogens (tertiary/aromatic N) is 1. The first kappa shape index (κ1) is 21.3. The summed E-state index contributed by atoms with van der Waals surface area (Å²) in [6.07, 6.45) is 2.89. The number of carbonyl (C=O) groups excluding carboxylic acids is 1. The Morgan fingerprint density at radius 1 is 0.903 bits per heavy atom. The van der Waals surface area contributed by atoms with Crippen molar-refractivity contribution < 1.29 is 17.9 Å². The van der Waals surface area contributed by atoms with Crippen LogP contribution in [0.1, 0.15) is 24.8 Å². The minimum atomic E-state index is -3.44. The van der Waals surface area contributed by atoms with E-state index in [0.717, 1.165) is 35.6 Å². The molecule has 4 rings (SSSR count). The summed E-state index contributed by atoms with van der Waals surface area (Å²) in [7, 11) is -3.44. The topological polar surface area (TPSA) is 75.7 Å². The van der Waals surface area contributed by atoms with E-state index in [9.17, 15) is 13.2 Å². The van der Waals surface area contributed by atoms with Crippen molar-refractivity contribution >= 4 is 26.7 Å². The first-order valence-corrected chi connectivity index (χ1v) is 11.9. The van der Waals surface area contributed by atoms with Crippen LogP contribution in [0.25, 0.3) is 10.8 Å². The molecule has 1 saturated heterocycles. The summed E-state index contributed by atoms with van der Waals surface area (Å²) in [4.78, 5) is 12.4. The number of rotatable bonds is 7. The van der Waals surface area contributed by atoms with Gasteiger partial charge in [0.2, 0.25) is 10.0 Å². The second-order valence-corrected chi connectivity index (χ2v) is 9.62. The predicted molar refractivity (Wildman–Crippen MR) is 120 cm³/mol. The summed E-state index contributed by atoms with van der Waals surface area (Å²) in [5.74, 6) is 0.402. The Balaban J connectivity index is 1.29. The Labute approximate surface area is 182 Å². The molecule has 0 radical (unpaired) electrons. The van der Waals surface area contributed by atoms with Gasteiger partial charge < -0.3 is 10.1 Å². The lowest BCUT2D eigenvalue weighted by Gasteiger charge is -2.25. The molecule has 0 bridgehead atoms. The third kappa shape index (κ3) is 5.24. The molecule has 1 aliphatic rings. The molecular formula is C24H26N2O4S. The zero-order chi connectivity index (χ0) is 21.7. The highest BCUT2D eigenvalue weighted by Crippen LogP contribution is 2.21. The van der Waals surface area contributed by atoms with Gasteiger partial charge >= 0.3 is 0 Å². The maximum absolute atomic E-state index is 12.7. The van der Waals surface area contributed by atoms with Crippen LogP contribution in [0, 0.1) is 0 Å². The van der Waals surface area contributed by atoms with E-state index in [-0.39, 0.29) is 12.5 Å². The Morgan fingerprint density at radius 2 is 1.61 bits per heavy atom. The van der Waals surface area contributed by atoms with Crippen LogP contribution in [0.5, 0.6) is 5.75 Å². The Morgan fingerprint density at radius 3 is 2.35 bits per heavy atom. The molecule has 0 aromatic heterocycles. The van der Waals surface area contributed by atoms with E-state index in [1.165, 1.54) is 0 Å². The molecule has 0 saturated carbocycles. The number of amides is 1. The van der Waals surface area contributed by atoms with E-state index < -0.39 is 10.0 Å². The molecule has 1 aliphatic heterocycles. The second-order valence-electron chi connectivity index (χ2n) is 7.68. The molecule has 3 aromatic rings. The lowest BCUT2D eigenvalue weighted by atomic mass is 10.1. The fourth-order valence-electron chi connectivity index (χ4n) is 3.69. The molecule has 0 spiro atoms. The van der Waals surface area contributed by atoms with Crippen LogP contribution < -0.4 is 10.1 Å². The predicted octanol–water partition coefficient (Wildman–Crippen LogP) is 3.71. The van der Waals surface area contributed by atoms with Gasteiger partial charge in [-0.05, 0) is 53.4 Å². The van der Waals surface area contributed by atoms with E-state index in [2.05, 4.69) is 5.32 Å². The molecule has 0 atom stereocenters. The van der Waals surface area contributed by atoms with Gasteiger partial charge in [0.15, 0.2) is 6.61 Å². The van der Waals surface area contributed by atoms with Crippen LogP contribution in [0.3, 0.4) is 0 Å². The van der Waals surface area contributed by atoms with Crippen LogP contribution in [-0.2, 0) is 21.4 Å². The first-order chi connectivity index (χ1) is 15.0. The number of carbonyl (C=O) groups is 1. The molecule has 0 unspecified atom stereocenters. The van der Waals surface area contributed by atoms with Gasteiger partial charge in [0.1, 0.15) is 5.75 Å². The third-order valence-electron chi connectivity index (χ3n) is 5.46. The molecule has 1 heterocycles. The molecule has 0 aliphatic carbocycles. The van der Waals surface area contributed by atoms with Gasteiger partial charge in [0.05, 0.1) is 4.90 Å². The standard InChI is InChI=1S/C24H26N2O4S/c27-24(18-30-22-11-10-20-6-2-3-7-21(20)16-22)25-17-19-8-12-23(13-9-19)31(28,29)26-14-4-1-5-15-26/h2-3,6-13,16H,1,4-5,14-15,17-18H2,(H,25,27). The van der Waals surface area contributed by atoms with Crippen LogP contribution in [0.4, 0.5) is 0 Å². The van der Waals surface area contributed by atoms with E-state index in [1.807, 2.05) is 42.5 Å². The molecule has 7 heteroatoms. The van der Waals surface area contributed by atoms with Crippen molar-refractivity contribution in [2.75, 3.05) is 19.7 Å². The number of sulfonamides is 1. The summed E-state index contributed by atoms with van der Waals surface area (Å²) < 4.78 is 32.6. The fourth-order valence-corrected chi connectivity index (χ4v) is 5.21. The van der Waals surface area contributed by atoms with E-state index in [1.54, 1.807) is 28.6 Å². The molecule has 1 fully saturated rings. The maximum atomic E-state index is 12.7. The van der Waals surface area contributed by atoms with E-state index >= 15 is 0 Å². The summed E-state index contributed by atoms with van der Waals surface area (Å²) in [5, 5.41) is 4.98. The van der Waals surface area contributed by atoms with Crippen molar-refractivity contribution in [3.05, 3.63) is 72.3 Å². The normalized spacial score (nSPS) is 15.0. The number of benzene rings is 3. The summed E-state index contributed by atoms with van der Waals surface area (Å²) in [6, 6.07) is 20.4. The zero-order valence-corrected chi connectivity index (χ0v) is 18.1. The molecule has 3 aromatic carbocycles. The molecule has 6 nitrogen and oxygen atoms in total. The van der Waals surface area contributed by atoms with Crippen LogP contribution in [0.2, 0.25) is 0 Å². The highest BCUT2D eigenvalue weighted by atomic mass is 32.2. The number of ether oxygens (including phenoxy) is 1. The Bertz CT molecular complexity index is 1150. The Hall–Kier alpha value is -2.90. The molecular weight excluding hydrogens is 412 g/mol. The van der Waals surface area contributed by atoms with Gasteiger partial charge in [0.25, 0.3) is 5.91 Å². The van der Waals surface area contributed by atoms with Crippen molar-refractivity contribution in [1.29, 1.82) is 0 Å². The zero-order valence-electron chi connectivity index (χ0n) is 17.3. The number of hydrogen-bond acceptors (Lipinski definition) is 4. The van der Waals surface area contributed by atoms with Crippen molar-refractivity contribution in [3.8, 4) is 5.75 Å². The molecule has 162 valence electrons. The minimum Gasteiger partial charge on any atom is -0.484 e. The van der Waals surface area contributed by atoms with Crippen molar-refractivity contribution in [3.63, 3.8) is 0 Å². The second kappa shape index (κ2) is 9.49. The molecule has 31 heavy (non-hydrogen) atoms. The highest BCUT2D eigenvalue weighted by Gasteiger charge is 2.25. The molecule has 1 amide bonds. The number of nitrogens with one attached hydrogen (secondary N) is 1. The average Bonchev–Trinajstić information content (AvgIpc) is 2.82. The third-order valence-corrected chi connectivity index (χ3v) is 7.37. The van der Waals surface area contributed by atoms with E-state index in [4.69, 9.17) is 4.74 Å². The van der Waals surface area contributed by atoms with Crippen molar-refractivity contribution in [2.45, 2.75) is 30.7 Å². The smallest absolute Gasteiger partial charge is 0.258 e. The fraction of sp³-hybridized carbons (Fsp3) is 0.292. The quantitative estimate of drug-likeness (QED) is 0.610. The van der Waals surface area contributed by atoms with Crippen LogP contribution >= 0.6 is 0 Å². The average molecular weight is 439 g/mol.